The van der Waals surface area contributed by atoms with Gasteiger partial charge in [0, 0.05) is 0 Å². The molecular weight excluding hydrogens is 253 g/mol. The van der Waals surface area contributed by atoms with E-state index in [1.807, 2.05) is 30.3 Å². The molecule has 0 fully saturated rings. The fourth-order valence-corrected chi connectivity index (χ4v) is 1.37. The topological polar surface area (TPSA) is 63.3 Å². The van der Waals surface area contributed by atoms with Gasteiger partial charge in [-0.3, -0.25) is 4.57 Å². The van der Waals surface area contributed by atoms with E-state index in [2.05, 4.69) is 0 Å². The minimum atomic E-state index is -2.58. The maximum Gasteiger partial charge on any atom is 0.205 e. The quantitative estimate of drug-likeness (QED) is 0.816. The van der Waals surface area contributed by atoms with E-state index in [0.717, 1.165) is 5.56 Å². The average Bonchev–Trinajstić information content (AvgIpc) is 2.06. The molecule has 0 saturated carbocycles. The largest absolute Gasteiger partial charge is 0.345 e. The van der Waals surface area contributed by atoms with Gasteiger partial charge >= 0.3 is 0 Å². The van der Waals surface area contributed by atoms with Crippen molar-refractivity contribution in [1.82, 2.24) is 0 Å². The van der Waals surface area contributed by atoms with Crippen molar-refractivity contribution in [2.75, 3.05) is 0 Å². The second kappa shape index (κ2) is 6.33. The highest BCUT2D eigenvalue weighted by Crippen LogP contribution is 2.20. The molecule has 1 rings (SSSR count). The van der Waals surface area contributed by atoms with Crippen LogP contribution in [-0.4, -0.2) is 10.7 Å². The van der Waals surface area contributed by atoms with E-state index in [9.17, 15) is 4.57 Å². The lowest BCUT2D eigenvalue weighted by atomic mass is 10.2. The third-order valence-electron chi connectivity index (χ3n) is 1.62. The van der Waals surface area contributed by atoms with Gasteiger partial charge in [0.05, 0.1) is 5.78 Å². The zero-order valence-corrected chi connectivity index (χ0v) is 9.73. The van der Waals surface area contributed by atoms with E-state index in [-0.39, 0.29) is 17.0 Å². The summed E-state index contributed by atoms with van der Waals surface area (Å²) >= 11 is 0. The number of benzene rings is 1. The fourth-order valence-electron chi connectivity index (χ4n) is 0.955. The van der Waals surface area contributed by atoms with Crippen LogP contribution in [0.3, 0.4) is 0 Å². The molecule has 2 unspecified atom stereocenters. The van der Waals surface area contributed by atoms with Crippen molar-refractivity contribution in [3.63, 3.8) is 0 Å². The number of rotatable bonds is 3. The lowest BCUT2D eigenvalue weighted by Crippen LogP contribution is -2.17. The molecule has 0 heterocycles. The Labute approximate surface area is 88.6 Å². The molecule has 0 aromatic heterocycles. The van der Waals surface area contributed by atoms with Gasteiger partial charge in [0.1, 0.15) is 0 Å². The van der Waals surface area contributed by atoms with Crippen molar-refractivity contribution < 1.29 is 9.46 Å². The maximum atomic E-state index is 10.6. The van der Waals surface area contributed by atoms with Gasteiger partial charge in [0.25, 0.3) is 0 Å². The third kappa shape index (κ3) is 4.58. The summed E-state index contributed by atoms with van der Waals surface area (Å²) in [5.41, 5.74) is 6.43. The van der Waals surface area contributed by atoms with E-state index < -0.39 is 13.8 Å². The highest BCUT2D eigenvalue weighted by atomic mass is 79.9. The second-order valence-corrected chi connectivity index (χ2v) is 4.05. The number of hydrogen-bond donors (Lipinski definition) is 2. The summed E-state index contributed by atoms with van der Waals surface area (Å²) in [5, 5.41) is 0. The van der Waals surface area contributed by atoms with Crippen LogP contribution in [0.5, 0.6) is 0 Å². The van der Waals surface area contributed by atoms with Gasteiger partial charge in [-0.1, -0.05) is 30.3 Å². The molecule has 0 amide bonds. The Kier molecular flexibility index (Phi) is 6.25. The van der Waals surface area contributed by atoms with Gasteiger partial charge in [-0.2, -0.15) is 0 Å². The molecule has 1 aromatic carbocycles. The number of halogens is 1. The van der Waals surface area contributed by atoms with Crippen molar-refractivity contribution in [2.24, 2.45) is 5.73 Å². The molecule has 13 heavy (non-hydrogen) atoms. The molecule has 0 saturated heterocycles. The van der Waals surface area contributed by atoms with E-state index in [0.29, 0.717) is 6.42 Å². The van der Waals surface area contributed by atoms with Gasteiger partial charge in [0.2, 0.25) is 8.03 Å². The van der Waals surface area contributed by atoms with Gasteiger partial charge in [-0.15, -0.1) is 17.0 Å². The second-order valence-electron chi connectivity index (χ2n) is 2.63. The molecule has 0 aliphatic heterocycles. The zero-order valence-electron chi connectivity index (χ0n) is 7.01. The van der Waals surface area contributed by atoms with Crippen LogP contribution in [0.15, 0.2) is 30.3 Å². The van der Waals surface area contributed by atoms with E-state index in [1.54, 1.807) is 0 Å². The van der Waals surface area contributed by atoms with Crippen molar-refractivity contribution >= 4 is 25.0 Å². The number of hydrogen-bond acceptors (Lipinski definition) is 2. The first-order valence-electron chi connectivity index (χ1n) is 3.72. The first kappa shape index (κ1) is 12.8. The van der Waals surface area contributed by atoms with Crippen molar-refractivity contribution in [2.45, 2.75) is 12.2 Å². The van der Waals surface area contributed by atoms with Crippen molar-refractivity contribution in [1.29, 1.82) is 0 Å². The number of nitrogens with two attached hydrogens (primary N) is 1. The molecule has 1 aromatic rings. The van der Waals surface area contributed by atoms with Crippen LogP contribution in [0, 0.1) is 0 Å². The van der Waals surface area contributed by atoms with Gasteiger partial charge in [0.15, 0.2) is 0 Å². The van der Waals surface area contributed by atoms with E-state index in [4.69, 9.17) is 10.6 Å². The molecule has 74 valence electrons. The smallest absolute Gasteiger partial charge is 0.205 e. The Morgan fingerprint density at radius 1 is 1.38 bits per heavy atom. The summed E-state index contributed by atoms with van der Waals surface area (Å²) in [6.07, 6.45) is 0.467. The third-order valence-corrected chi connectivity index (χ3v) is 2.45. The molecule has 0 spiro atoms. The van der Waals surface area contributed by atoms with Gasteiger partial charge < -0.3 is 10.6 Å². The monoisotopic (exact) mass is 265 g/mol. The average molecular weight is 266 g/mol. The van der Waals surface area contributed by atoms with Crippen LogP contribution in [0.4, 0.5) is 0 Å². The van der Waals surface area contributed by atoms with Crippen LogP contribution < -0.4 is 5.73 Å². The zero-order chi connectivity index (χ0) is 8.97. The standard InChI is InChI=1S/C8H12NO2P.BrH/c9-8(12(10)11)6-7-4-2-1-3-5-7;/h1-5,8,12H,6,9H2,(H,10,11);1H. The highest BCUT2D eigenvalue weighted by molar-refractivity contribution is 8.93. The summed E-state index contributed by atoms with van der Waals surface area (Å²) in [6, 6.07) is 9.46. The molecule has 2 atom stereocenters. The van der Waals surface area contributed by atoms with Crippen LogP contribution in [0.2, 0.25) is 0 Å². The Morgan fingerprint density at radius 3 is 2.38 bits per heavy atom. The Bertz CT molecular complexity index is 268. The summed E-state index contributed by atoms with van der Waals surface area (Å²) in [4.78, 5) is 8.70. The highest BCUT2D eigenvalue weighted by Gasteiger charge is 2.07. The van der Waals surface area contributed by atoms with Gasteiger partial charge in [-0.05, 0) is 12.0 Å². The fraction of sp³-hybridized carbons (Fsp3) is 0.250. The minimum absolute atomic E-state index is 0. The van der Waals surface area contributed by atoms with Crippen LogP contribution in [0.1, 0.15) is 5.56 Å². The normalized spacial score (nSPS) is 14.3. The summed E-state index contributed by atoms with van der Waals surface area (Å²) in [6.45, 7) is 0. The molecule has 5 heteroatoms. The molecule has 0 aliphatic rings. The Morgan fingerprint density at radius 2 is 1.92 bits per heavy atom. The lowest BCUT2D eigenvalue weighted by Gasteiger charge is -2.06. The van der Waals surface area contributed by atoms with E-state index >= 15 is 0 Å². The summed E-state index contributed by atoms with van der Waals surface area (Å²) < 4.78 is 10.6. The first-order chi connectivity index (χ1) is 5.70. The molecule has 0 aliphatic carbocycles. The lowest BCUT2D eigenvalue weighted by molar-refractivity contribution is 0.488. The molecule has 0 bridgehead atoms. The predicted molar refractivity (Wildman–Crippen MR) is 59.7 cm³/mol. The molecular formula is C8H13BrNO2P. The van der Waals surface area contributed by atoms with E-state index in [1.165, 1.54) is 0 Å². The molecule has 3 nitrogen and oxygen atoms in total. The van der Waals surface area contributed by atoms with Crippen molar-refractivity contribution in [3.05, 3.63) is 35.9 Å². The van der Waals surface area contributed by atoms with Crippen LogP contribution in [-0.2, 0) is 11.0 Å². The predicted octanol–water partition coefficient (Wildman–Crippen LogP) is 1.56. The maximum absolute atomic E-state index is 10.6. The minimum Gasteiger partial charge on any atom is -0.345 e. The molecule has 3 N–H and O–H groups in total. The van der Waals surface area contributed by atoms with Crippen LogP contribution in [0.25, 0.3) is 0 Å². The Hall–Kier alpha value is -0.150. The first-order valence-corrected chi connectivity index (χ1v) is 5.16. The SMILES string of the molecule is Br.NC(Cc1ccccc1)[PH](=O)O. The van der Waals surface area contributed by atoms with Crippen LogP contribution >= 0.6 is 25.0 Å². The summed E-state index contributed by atoms with van der Waals surface area (Å²) in [5.74, 6) is -0.614. The molecule has 0 radical (unpaired) electrons. The Balaban J connectivity index is 0.00000144. The summed E-state index contributed by atoms with van der Waals surface area (Å²) in [7, 11) is -2.58. The van der Waals surface area contributed by atoms with Crippen molar-refractivity contribution in [3.8, 4) is 0 Å². The van der Waals surface area contributed by atoms with Gasteiger partial charge in [-0.25, -0.2) is 0 Å².